The van der Waals surface area contributed by atoms with Crippen LogP contribution in [-0.4, -0.2) is 32.8 Å². The van der Waals surface area contributed by atoms with Gasteiger partial charge in [-0.05, 0) is 55.2 Å². The van der Waals surface area contributed by atoms with Gasteiger partial charge in [0.15, 0.2) is 0 Å². The lowest BCUT2D eigenvalue weighted by atomic mass is 9.96. The minimum atomic E-state index is -3.54. The molecule has 31 heavy (non-hydrogen) atoms. The normalized spacial score (nSPS) is 14.7. The van der Waals surface area contributed by atoms with E-state index in [1.165, 1.54) is 0 Å². The number of amides is 2. The van der Waals surface area contributed by atoms with E-state index in [4.69, 9.17) is 11.6 Å². The van der Waals surface area contributed by atoms with Gasteiger partial charge in [-0.2, -0.15) is 0 Å². The predicted octanol–water partition coefficient (Wildman–Crippen LogP) is 3.25. The molecule has 0 bridgehead atoms. The van der Waals surface area contributed by atoms with E-state index in [0.717, 1.165) is 37.7 Å². The molecule has 9 heteroatoms. The third kappa shape index (κ3) is 7.05. The van der Waals surface area contributed by atoms with Gasteiger partial charge in [0.2, 0.25) is 10.0 Å². The highest BCUT2D eigenvalue weighted by atomic mass is 35.5. The van der Waals surface area contributed by atoms with Crippen LogP contribution in [0.4, 0.5) is 5.69 Å². The molecule has 3 rings (SSSR count). The molecule has 1 aliphatic carbocycles. The summed E-state index contributed by atoms with van der Waals surface area (Å²) in [5.74, 6) is -1.53. The number of nitrogens with one attached hydrogen (secondary N) is 3. The molecule has 0 unspecified atom stereocenters. The zero-order chi connectivity index (χ0) is 22.3. The molecule has 2 aromatic rings. The van der Waals surface area contributed by atoms with Crippen LogP contribution in [0.25, 0.3) is 0 Å². The predicted molar refractivity (Wildman–Crippen MR) is 120 cm³/mol. The largest absolute Gasteiger partial charge is 0.347 e. The van der Waals surface area contributed by atoms with E-state index in [9.17, 15) is 18.0 Å². The van der Waals surface area contributed by atoms with Gasteiger partial charge in [0.05, 0.1) is 4.90 Å². The van der Waals surface area contributed by atoms with Crippen molar-refractivity contribution < 1.29 is 18.0 Å². The second-order valence-corrected chi connectivity index (χ2v) is 9.72. The fourth-order valence-corrected chi connectivity index (χ4v) is 4.99. The molecule has 0 aliphatic heterocycles. The number of sulfonamides is 1. The molecular weight excluding hydrogens is 438 g/mol. The van der Waals surface area contributed by atoms with Crippen LogP contribution in [0, 0.1) is 0 Å². The fraction of sp³-hybridized carbons (Fsp3) is 0.364. The van der Waals surface area contributed by atoms with E-state index < -0.39 is 21.8 Å². The van der Waals surface area contributed by atoms with Gasteiger partial charge in [0.1, 0.15) is 0 Å². The molecule has 0 saturated heterocycles. The van der Waals surface area contributed by atoms with E-state index in [1.54, 1.807) is 48.5 Å². The highest BCUT2D eigenvalue weighted by Gasteiger charge is 2.21. The van der Waals surface area contributed by atoms with Crippen LogP contribution in [0.2, 0.25) is 5.02 Å². The van der Waals surface area contributed by atoms with Crippen molar-refractivity contribution in [2.24, 2.45) is 0 Å². The van der Waals surface area contributed by atoms with Crippen molar-refractivity contribution in [3.05, 3.63) is 59.1 Å². The number of hydrogen-bond acceptors (Lipinski definition) is 4. The smallest absolute Gasteiger partial charge is 0.313 e. The van der Waals surface area contributed by atoms with Gasteiger partial charge in [0, 0.05) is 23.3 Å². The SMILES string of the molecule is O=C(NCCc1ccc(S(=O)(=O)NC2CCCCC2)cc1)C(=O)Nc1cccc(Cl)c1. The average molecular weight is 464 g/mol. The van der Waals surface area contributed by atoms with Gasteiger partial charge in [-0.25, -0.2) is 13.1 Å². The number of carbonyl (C=O) groups is 2. The van der Waals surface area contributed by atoms with Crippen molar-refractivity contribution >= 4 is 39.1 Å². The third-order valence-corrected chi connectivity index (χ3v) is 6.92. The summed E-state index contributed by atoms with van der Waals surface area (Å²) in [4.78, 5) is 24.1. The Balaban J connectivity index is 1.46. The van der Waals surface area contributed by atoms with Crippen molar-refractivity contribution in [3.8, 4) is 0 Å². The summed E-state index contributed by atoms with van der Waals surface area (Å²) in [5, 5.41) is 5.49. The van der Waals surface area contributed by atoms with E-state index in [-0.39, 0.29) is 17.5 Å². The number of hydrogen-bond donors (Lipinski definition) is 3. The summed E-state index contributed by atoms with van der Waals surface area (Å²) < 4.78 is 27.9. The maximum absolute atomic E-state index is 12.5. The van der Waals surface area contributed by atoms with E-state index in [0.29, 0.717) is 17.1 Å². The third-order valence-electron chi connectivity index (χ3n) is 5.15. The maximum Gasteiger partial charge on any atom is 0.313 e. The lowest BCUT2D eigenvalue weighted by Gasteiger charge is -2.22. The highest BCUT2D eigenvalue weighted by Crippen LogP contribution is 2.20. The Labute approximate surface area is 187 Å². The van der Waals surface area contributed by atoms with E-state index in [2.05, 4.69) is 15.4 Å². The lowest BCUT2D eigenvalue weighted by Crippen LogP contribution is -2.36. The number of benzene rings is 2. The summed E-state index contributed by atoms with van der Waals surface area (Å²) >= 11 is 5.85. The summed E-state index contributed by atoms with van der Waals surface area (Å²) in [6, 6.07) is 13.1. The zero-order valence-corrected chi connectivity index (χ0v) is 18.6. The Morgan fingerprint density at radius 3 is 2.35 bits per heavy atom. The van der Waals surface area contributed by atoms with Gasteiger partial charge in [-0.1, -0.05) is 49.1 Å². The van der Waals surface area contributed by atoms with Crippen molar-refractivity contribution in [2.75, 3.05) is 11.9 Å². The minimum Gasteiger partial charge on any atom is -0.347 e. The molecule has 0 atom stereocenters. The van der Waals surface area contributed by atoms with Crippen LogP contribution >= 0.6 is 11.6 Å². The van der Waals surface area contributed by atoms with Gasteiger partial charge >= 0.3 is 11.8 Å². The van der Waals surface area contributed by atoms with Crippen LogP contribution in [0.3, 0.4) is 0 Å². The molecule has 166 valence electrons. The first-order valence-electron chi connectivity index (χ1n) is 10.3. The molecular formula is C22H26ClN3O4S. The Morgan fingerprint density at radius 1 is 0.968 bits per heavy atom. The lowest BCUT2D eigenvalue weighted by molar-refractivity contribution is -0.136. The topological polar surface area (TPSA) is 104 Å². The first-order chi connectivity index (χ1) is 14.8. The molecule has 2 aromatic carbocycles. The number of anilines is 1. The Bertz CT molecular complexity index is 1020. The number of rotatable bonds is 7. The standard InChI is InChI=1S/C22H26ClN3O4S/c23-17-5-4-8-19(15-17)25-22(28)21(27)24-14-13-16-9-11-20(12-10-16)31(29,30)26-18-6-2-1-3-7-18/h4-5,8-12,15,18,26H,1-3,6-7,13-14H2,(H,24,27)(H,25,28). The Kier molecular flexibility index (Phi) is 8.06. The second kappa shape index (κ2) is 10.7. The second-order valence-electron chi connectivity index (χ2n) is 7.57. The zero-order valence-electron chi connectivity index (χ0n) is 17.1. The molecule has 7 nitrogen and oxygen atoms in total. The number of halogens is 1. The van der Waals surface area contributed by atoms with Crippen LogP contribution < -0.4 is 15.4 Å². The average Bonchev–Trinajstić information content (AvgIpc) is 2.74. The first-order valence-corrected chi connectivity index (χ1v) is 12.2. The molecule has 0 aromatic heterocycles. The Hall–Kier alpha value is -2.42. The van der Waals surface area contributed by atoms with Gasteiger partial charge in [-0.15, -0.1) is 0 Å². The summed E-state index contributed by atoms with van der Waals surface area (Å²) in [6.07, 6.45) is 5.48. The van der Waals surface area contributed by atoms with Crippen molar-refractivity contribution in [1.82, 2.24) is 10.0 Å². The highest BCUT2D eigenvalue weighted by molar-refractivity contribution is 7.89. The summed E-state index contributed by atoms with van der Waals surface area (Å²) in [7, 11) is -3.54. The van der Waals surface area contributed by atoms with Crippen LogP contribution in [-0.2, 0) is 26.0 Å². The number of carbonyl (C=O) groups excluding carboxylic acids is 2. The Morgan fingerprint density at radius 2 is 1.68 bits per heavy atom. The molecule has 1 aliphatic rings. The summed E-state index contributed by atoms with van der Waals surface area (Å²) in [5.41, 5.74) is 1.29. The van der Waals surface area contributed by atoms with Crippen molar-refractivity contribution in [2.45, 2.75) is 49.5 Å². The first kappa shape index (κ1) is 23.2. The maximum atomic E-state index is 12.5. The fourth-order valence-electron chi connectivity index (χ4n) is 3.50. The van der Waals surface area contributed by atoms with Crippen molar-refractivity contribution in [3.63, 3.8) is 0 Å². The van der Waals surface area contributed by atoms with Gasteiger partial charge in [0.25, 0.3) is 0 Å². The molecule has 1 saturated carbocycles. The molecule has 0 heterocycles. The molecule has 2 amide bonds. The van der Waals surface area contributed by atoms with Crippen LogP contribution in [0.5, 0.6) is 0 Å². The van der Waals surface area contributed by atoms with E-state index >= 15 is 0 Å². The monoisotopic (exact) mass is 463 g/mol. The van der Waals surface area contributed by atoms with Crippen LogP contribution in [0.1, 0.15) is 37.7 Å². The van der Waals surface area contributed by atoms with E-state index in [1.807, 2.05) is 0 Å². The van der Waals surface area contributed by atoms with Gasteiger partial charge < -0.3 is 10.6 Å². The molecule has 0 radical (unpaired) electrons. The van der Waals surface area contributed by atoms with Gasteiger partial charge in [-0.3, -0.25) is 9.59 Å². The summed E-state index contributed by atoms with van der Waals surface area (Å²) in [6.45, 7) is 0.244. The molecule has 3 N–H and O–H groups in total. The quantitative estimate of drug-likeness (QED) is 0.548. The molecule has 1 fully saturated rings. The van der Waals surface area contributed by atoms with Crippen molar-refractivity contribution in [1.29, 1.82) is 0 Å². The minimum absolute atomic E-state index is 0.00620. The van der Waals surface area contributed by atoms with Crippen LogP contribution in [0.15, 0.2) is 53.4 Å². The molecule has 0 spiro atoms.